The van der Waals surface area contributed by atoms with E-state index in [1.807, 2.05) is 30.3 Å². The van der Waals surface area contributed by atoms with Crippen LogP contribution >= 0.6 is 0 Å². The van der Waals surface area contributed by atoms with Crippen LogP contribution in [0, 0.1) is 23.0 Å². The van der Waals surface area contributed by atoms with Crippen LogP contribution in [-0.4, -0.2) is 54.8 Å². The summed E-state index contributed by atoms with van der Waals surface area (Å²) < 4.78 is 27.1. The number of rotatable bonds is 4. The lowest BCUT2D eigenvalue weighted by molar-refractivity contribution is -0.130. The summed E-state index contributed by atoms with van der Waals surface area (Å²) in [6, 6.07) is 13.0. The van der Waals surface area contributed by atoms with Gasteiger partial charge in [0, 0.05) is 51.3 Å². The van der Waals surface area contributed by atoms with Crippen molar-refractivity contribution in [3.05, 3.63) is 71.3 Å². The first-order valence-corrected chi connectivity index (χ1v) is 9.64. The summed E-state index contributed by atoms with van der Waals surface area (Å²) in [6.45, 7) is 2.80. The van der Waals surface area contributed by atoms with Gasteiger partial charge >= 0.3 is 0 Å². The average Bonchev–Trinajstić information content (AvgIpc) is 3.06. The molecule has 2 saturated heterocycles. The van der Waals surface area contributed by atoms with Crippen LogP contribution in [0.3, 0.4) is 0 Å². The molecule has 29 heavy (non-hydrogen) atoms. The smallest absolute Gasteiger partial charge is 0.256 e. The second kappa shape index (κ2) is 7.55. The molecule has 0 radical (unpaired) electrons. The highest BCUT2D eigenvalue weighted by atomic mass is 19.1. The molecule has 4 rings (SSSR count). The first-order valence-electron chi connectivity index (χ1n) is 9.64. The Morgan fingerprint density at radius 1 is 1.10 bits per heavy atom. The van der Waals surface area contributed by atoms with E-state index in [0.717, 1.165) is 12.6 Å². The third-order valence-electron chi connectivity index (χ3n) is 5.99. The maximum Gasteiger partial charge on any atom is 0.256 e. The molecule has 2 aromatic carbocycles. The highest BCUT2D eigenvalue weighted by Crippen LogP contribution is 2.45. The minimum Gasteiger partial charge on any atom is -0.359 e. The predicted molar refractivity (Wildman–Crippen MR) is 104 cm³/mol. The molecule has 1 N–H and O–H groups in total. The van der Waals surface area contributed by atoms with Crippen LogP contribution in [0.1, 0.15) is 15.9 Å². The molecule has 2 aliphatic heterocycles. The second-order valence-electron chi connectivity index (χ2n) is 7.97. The molecule has 2 aliphatic rings. The van der Waals surface area contributed by atoms with Gasteiger partial charge in [-0.15, -0.1) is 0 Å². The lowest BCUT2D eigenvalue weighted by Crippen LogP contribution is -2.64. The molecule has 1 atom stereocenters. The lowest BCUT2D eigenvalue weighted by Gasteiger charge is -2.50. The molecule has 0 bridgehead atoms. The molecule has 7 heteroatoms. The topological polar surface area (TPSA) is 52.7 Å². The molecule has 2 heterocycles. The van der Waals surface area contributed by atoms with Crippen molar-refractivity contribution in [3.8, 4) is 0 Å². The van der Waals surface area contributed by atoms with Crippen molar-refractivity contribution in [2.75, 3.05) is 33.2 Å². The standard InChI is InChI=1S/C22H23F2N3O2/c1-25-20(28)18-11-26(10-15-5-3-2-4-6-15)12-22(18)13-27(14-22)21(29)17-8-7-16(23)9-19(17)24/h2-9,18H,10-14H2,1H3,(H,25,28). The van der Waals surface area contributed by atoms with Crippen LogP contribution in [0.4, 0.5) is 8.78 Å². The van der Waals surface area contributed by atoms with E-state index in [1.54, 1.807) is 7.05 Å². The van der Waals surface area contributed by atoms with Crippen molar-refractivity contribution >= 4 is 11.8 Å². The molecule has 2 aromatic rings. The van der Waals surface area contributed by atoms with Gasteiger partial charge in [-0.1, -0.05) is 30.3 Å². The van der Waals surface area contributed by atoms with Gasteiger partial charge in [0.05, 0.1) is 11.5 Å². The number of hydrogen-bond acceptors (Lipinski definition) is 3. The molecule has 5 nitrogen and oxygen atoms in total. The van der Waals surface area contributed by atoms with E-state index in [0.29, 0.717) is 32.2 Å². The van der Waals surface area contributed by atoms with E-state index in [2.05, 4.69) is 10.2 Å². The molecular weight excluding hydrogens is 376 g/mol. The maximum atomic E-state index is 14.0. The Morgan fingerprint density at radius 3 is 2.48 bits per heavy atom. The molecule has 2 fully saturated rings. The third kappa shape index (κ3) is 3.62. The molecule has 0 aliphatic carbocycles. The number of nitrogens with one attached hydrogen (secondary N) is 1. The van der Waals surface area contributed by atoms with Gasteiger partial charge < -0.3 is 10.2 Å². The number of halogens is 2. The first kappa shape index (κ1) is 19.5. The van der Waals surface area contributed by atoms with Crippen LogP contribution in [0.5, 0.6) is 0 Å². The number of hydrogen-bond donors (Lipinski definition) is 1. The van der Waals surface area contributed by atoms with Crippen LogP contribution in [0.15, 0.2) is 48.5 Å². The summed E-state index contributed by atoms with van der Waals surface area (Å²) in [5.74, 6) is -2.33. The van der Waals surface area contributed by atoms with Crippen molar-refractivity contribution in [2.24, 2.45) is 11.3 Å². The molecular formula is C22H23F2N3O2. The van der Waals surface area contributed by atoms with E-state index in [-0.39, 0.29) is 22.8 Å². The van der Waals surface area contributed by atoms with E-state index in [9.17, 15) is 18.4 Å². The van der Waals surface area contributed by atoms with Crippen LogP contribution in [-0.2, 0) is 11.3 Å². The Morgan fingerprint density at radius 2 is 1.83 bits per heavy atom. The zero-order chi connectivity index (χ0) is 20.6. The van der Waals surface area contributed by atoms with Gasteiger partial charge in [0.15, 0.2) is 0 Å². The van der Waals surface area contributed by atoms with E-state index in [4.69, 9.17) is 0 Å². The van der Waals surface area contributed by atoms with Gasteiger partial charge in [0.1, 0.15) is 11.6 Å². The second-order valence-corrected chi connectivity index (χ2v) is 7.97. The molecule has 0 aromatic heterocycles. The quantitative estimate of drug-likeness (QED) is 0.858. The maximum absolute atomic E-state index is 14.0. The van der Waals surface area contributed by atoms with E-state index in [1.165, 1.54) is 16.5 Å². The normalized spacial score (nSPS) is 20.5. The third-order valence-corrected chi connectivity index (χ3v) is 5.99. The van der Waals surface area contributed by atoms with E-state index >= 15 is 0 Å². The molecule has 152 valence electrons. The first-order chi connectivity index (χ1) is 13.9. The Hall–Kier alpha value is -2.80. The summed E-state index contributed by atoms with van der Waals surface area (Å²) in [4.78, 5) is 29.0. The Balaban J connectivity index is 1.49. The number of benzene rings is 2. The molecule has 1 spiro atoms. The zero-order valence-electron chi connectivity index (χ0n) is 16.2. The van der Waals surface area contributed by atoms with Gasteiger partial charge in [-0.05, 0) is 17.7 Å². The Kier molecular flexibility index (Phi) is 5.08. The highest BCUT2D eigenvalue weighted by molar-refractivity contribution is 5.95. The summed E-state index contributed by atoms with van der Waals surface area (Å²) in [5.41, 5.74) is 0.679. The Bertz CT molecular complexity index is 929. The number of carbonyl (C=O) groups excluding carboxylic acids is 2. The van der Waals surface area contributed by atoms with Crippen LogP contribution < -0.4 is 5.32 Å². The van der Waals surface area contributed by atoms with Gasteiger partial charge in [-0.3, -0.25) is 14.5 Å². The van der Waals surface area contributed by atoms with Crippen molar-refractivity contribution in [1.29, 1.82) is 0 Å². The lowest BCUT2D eigenvalue weighted by atomic mass is 9.71. The van der Waals surface area contributed by atoms with Crippen molar-refractivity contribution < 1.29 is 18.4 Å². The van der Waals surface area contributed by atoms with Crippen molar-refractivity contribution in [2.45, 2.75) is 6.54 Å². The highest BCUT2D eigenvalue weighted by Gasteiger charge is 2.57. The zero-order valence-corrected chi connectivity index (χ0v) is 16.2. The SMILES string of the molecule is CNC(=O)C1CN(Cc2ccccc2)CC12CN(C(=O)c1ccc(F)cc1F)C2. The molecule has 1 unspecified atom stereocenters. The van der Waals surface area contributed by atoms with Crippen LogP contribution in [0.25, 0.3) is 0 Å². The monoisotopic (exact) mass is 399 g/mol. The fraction of sp³-hybridized carbons (Fsp3) is 0.364. The van der Waals surface area contributed by atoms with Crippen molar-refractivity contribution in [1.82, 2.24) is 15.1 Å². The van der Waals surface area contributed by atoms with Crippen molar-refractivity contribution in [3.63, 3.8) is 0 Å². The average molecular weight is 399 g/mol. The number of likely N-dealkylation sites (tertiary alicyclic amines) is 2. The Labute approximate surface area is 168 Å². The predicted octanol–water partition coefficient (Wildman–Crippen LogP) is 2.28. The summed E-state index contributed by atoms with van der Waals surface area (Å²) >= 11 is 0. The number of carbonyl (C=O) groups is 2. The number of nitrogens with zero attached hydrogens (tertiary/aromatic N) is 2. The fourth-order valence-corrected chi connectivity index (χ4v) is 4.58. The minimum atomic E-state index is -0.865. The van der Waals surface area contributed by atoms with Gasteiger partial charge in [0.2, 0.25) is 5.91 Å². The molecule has 0 saturated carbocycles. The van der Waals surface area contributed by atoms with E-state index < -0.39 is 17.5 Å². The van der Waals surface area contributed by atoms with Gasteiger partial charge in [-0.2, -0.15) is 0 Å². The summed E-state index contributed by atoms with van der Waals surface area (Å²) in [6.07, 6.45) is 0. The summed E-state index contributed by atoms with van der Waals surface area (Å²) in [5, 5.41) is 2.74. The van der Waals surface area contributed by atoms with Gasteiger partial charge in [0.25, 0.3) is 5.91 Å². The summed E-state index contributed by atoms with van der Waals surface area (Å²) in [7, 11) is 1.62. The van der Waals surface area contributed by atoms with Gasteiger partial charge in [-0.25, -0.2) is 8.78 Å². The molecule has 2 amide bonds. The minimum absolute atomic E-state index is 0.0411. The van der Waals surface area contributed by atoms with Crippen LogP contribution in [0.2, 0.25) is 0 Å². The number of amides is 2. The largest absolute Gasteiger partial charge is 0.359 e. The fourth-order valence-electron chi connectivity index (χ4n) is 4.58.